The Morgan fingerprint density at radius 1 is 1.37 bits per heavy atom. The fourth-order valence-corrected chi connectivity index (χ4v) is 2.14. The van der Waals surface area contributed by atoms with Crippen molar-refractivity contribution in [1.29, 1.82) is 0 Å². The fraction of sp³-hybridized carbons (Fsp3) is 0.429. The molecule has 2 heterocycles. The van der Waals surface area contributed by atoms with Crippen LogP contribution in [0.4, 0.5) is 10.1 Å². The van der Waals surface area contributed by atoms with E-state index in [9.17, 15) is 4.39 Å². The van der Waals surface area contributed by atoms with Crippen LogP contribution in [0.2, 0.25) is 0 Å². The summed E-state index contributed by atoms with van der Waals surface area (Å²) >= 11 is 0. The molecule has 0 aromatic carbocycles. The van der Waals surface area contributed by atoms with Crippen molar-refractivity contribution in [3.63, 3.8) is 0 Å². The second kappa shape index (κ2) is 5.38. The Hall–Kier alpha value is -1.91. The average molecular weight is 262 g/mol. The van der Waals surface area contributed by atoms with Gasteiger partial charge in [-0.15, -0.1) is 0 Å². The summed E-state index contributed by atoms with van der Waals surface area (Å²) in [5, 5.41) is 7.83. The van der Waals surface area contributed by atoms with Gasteiger partial charge in [-0.1, -0.05) is 6.92 Å². The molecule has 2 rings (SSSR count). The molecule has 1 atom stereocenters. The summed E-state index contributed by atoms with van der Waals surface area (Å²) in [7, 11) is 1.92. The van der Waals surface area contributed by atoms with Crippen molar-refractivity contribution in [2.75, 3.05) is 5.32 Å². The van der Waals surface area contributed by atoms with Crippen LogP contribution in [0.1, 0.15) is 36.5 Å². The molecule has 0 fully saturated rings. The van der Waals surface area contributed by atoms with E-state index in [0.717, 1.165) is 29.2 Å². The van der Waals surface area contributed by atoms with Crippen molar-refractivity contribution in [2.24, 2.45) is 7.05 Å². The first-order valence-electron chi connectivity index (χ1n) is 6.41. The first-order valence-corrected chi connectivity index (χ1v) is 6.41. The van der Waals surface area contributed by atoms with Crippen LogP contribution >= 0.6 is 0 Å². The molecule has 1 N–H and O–H groups in total. The van der Waals surface area contributed by atoms with Crippen molar-refractivity contribution in [3.05, 3.63) is 41.2 Å². The number of hydrogen-bond acceptors (Lipinski definition) is 3. The lowest BCUT2D eigenvalue weighted by Crippen LogP contribution is -2.12. The molecule has 0 spiro atoms. The molecule has 0 aliphatic heterocycles. The summed E-state index contributed by atoms with van der Waals surface area (Å²) in [4.78, 5) is 4.15. The Balaban J connectivity index is 2.26. The quantitative estimate of drug-likeness (QED) is 0.920. The summed E-state index contributed by atoms with van der Waals surface area (Å²) in [6.07, 6.45) is 2.12. The van der Waals surface area contributed by atoms with Crippen LogP contribution in [0.25, 0.3) is 0 Å². The van der Waals surface area contributed by atoms with Crippen LogP contribution in [0, 0.1) is 19.7 Å². The van der Waals surface area contributed by atoms with Crippen molar-refractivity contribution in [2.45, 2.75) is 33.2 Å². The lowest BCUT2D eigenvalue weighted by Gasteiger charge is -2.18. The number of aryl methyl sites for hydroxylation is 2. The molecule has 2 aromatic rings. The molecule has 2 aromatic heterocycles. The number of nitrogens with zero attached hydrogens (tertiary/aromatic N) is 3. The van der Waals surface area contributed by atoms with Gasteiger partial charge in [-0.25, -0.2) is 4.39 Å². The van der Waals surface area contributed by atoms with Crippen LogP contribution < -0.4 is 5.32 Å². The van der Waals surface area contributed by atoms with E-state index in [-0.39, 0.29) is 11.9 Å². The second-order valence-corrected chi connectivity index (χ2v) is 4.68. The molecule has 0 aliphatic carbocycles. The standard InChI is InChI=1S/C14H19FN4/c1-5-12(13-7-6-11(15)8-16-13)17-14-9(2)18-19(4)10(14)3/h6-8,12,17H,5H2,1-4H3. The minimum Gasteiger partial charge on any atom is -0.374 e. The highest BCUT2D eigenvalue weighted by molar-refractivity contribution is 5.53. The van der Waals surface area contributed by atoms with Gasteiger partial charge in [-0.2, -0.15) is 5.10 Å². The van der Waals surface area contributed by atoms with Gasteiger partial charge in [0.15, 0.2) is 0 Å². The molecular weight excluding hydrogens is 243 g/mol. The number of rotatable bonds is 4. The highest BCUT2D eigenvalue weighted by Crippen LogP contribution is 2.26. The first kappa shape index (κ1) is 13.5. The predicted octanol–water partition coefficient (Wildman–Crippen LogP) is 3.13. The Morgan fingerprint density at radius 3 is 2.58 bits per heavy atom. The number of pyridine rings is 1. The van der Waals surface area contributed by atoms with Gasteiger partial charge in [0.2, 0.25) is 0 Å². The topological polar surface area (TPSA) is 42.7 Å². The smallest absolute Gasteiger partial charge is 0.141 e. The monoisotopic (exact) mass is 262 g/mol. The minimum absolute atomic E-state index is 0.0576. The highest BCUT2D eigenvalue weighted by Gasteiger charge is 2.16. The Kier molecular flexibility index (Phi) is 3.83. The number of nitrogens with one attached hydrogen (secondary N) is 1. The molecule has 0 saturated carbocycles. The van der Waals surface area contributed by atoms with Gasteiger partial charge in [0.25, 0.3) is 0 Å². The van der Waals surface area contributed by atoms with Crippen LogP contribution in [0.3, 0.4) is 0 Å². The maximum atomic E-state index is 12.9. The Morgan fingerprint density at radius 2 is 2.11 bits per heavy atom. The van der Waals surface area contributed by atoms with E-state index in [2.05, 4.69) is 22.3 Å². The molecule has 4 nitrogen and oxygen atoms in total. The molecule has 1 unspecified atom stereocenters. The summed E-state index contributed by atoms with van der Waals surface area (Å²) in [5.41, 5.74) is 3.91. The molecule has 5 heteroatoms. The van der Waals surface area contributed by atoms with E-state index < -0.39 is 0 Å². The summed E-state index contributed by atoms with van der Waals surface area (Å²) in [6, 6.07) is 3.22. The summed E-state index contributed by atoms with van der Waals surface area (Å²) in [5.74, 6) is -0.313. The molecule has 0 amide bonds. The van der Waals surface area contributed by atoms with Crippen molar-refractivity contribution >= 4 is 5.69 Å². The number of hydrogen-bond donors (Lipinski definition) is 1. The maximum Gasteiger partial charge on any atom is 0.141 e. The third-order valence-corrected chi connectivity index (χ3v) is 3.34. The van der Waals surface area contributed by atoms with Crippen molar-refractivity contribution < 1.29 is 4.39 Å². The van der Waals surface area contributed by atoms with Gasteiger partial charge in [-0.3, -0.25) is 9.67 Å². The van der Waals surface area contributed by atoms with E-state index in [1.165, 1.54) is 12.3 Å². The molecule has 0 saturated heterocycles. The van der Waals surface area contributed by atoms with Crippen LogP contribution in [0.15, 0.2) is 18.3 Å². The van der Waals surface area contributed by atoms with E-state index in [1.807, 2.05) is 25.6 Å². The van der Waals surface area contributed by atoms with Gasteiger partial charge in [0.05, 0.1) is 35.0 Å². The third-order valence-electron chi connectivity index (χ3n) is 3.34. The van der Waals surface area contributed by atoms with Crippen molar-refractivity contribution in [1.82, 2.24) is 14.8 Å². The number of aromatic nitrogens is 3. The zero-order valence-electron chi connectivity index (χ0n) is 11.7. The van der Waals surface area contributed by atoms with Crippen LogP contribution in [0.5, 0.6) is 0 Å². The number of halogens is 1. The van der Waals surface area contributed by atoms with Gasteiger partial charge >= 0.3 is 0 Å². The predicted molar refractivity (Wildman–Crippen MR) is 73.5 cm³/mol. The van der Waals surface area contributed by atoms with Crippen LogP contribution in [-0.2, 0) is 7.05 Å². The Labute approximate surface area is 112 Å². The summed E-state index contributed by atoms with van der Waals surface area (Å²) < 4.78 is 14.8. The molecule has 0 bridgehead atoms. The normalized spacial score (nSPS) is 12.5. The minimum atomic E-state index is -0.313. The zero-order chi connectivity index (χ0) is 14.0. The second-order valence-electron chi connectivity index (χ2n) is 4.68. The van der Waals surface area contributed by atoms with E-state index in [0.29, 0.717) is 0 Å². The largest absolute Gasteiger partial charge is 0.374 e. The fourth-order valence-electron chi connectivity index (χ4n) is 2.14. The van der Waals surface area contributed by atoms with Crippen molar-refractivity contribution in [3.8, 4) is 0 Å². The Bertz CT molecular complexity index is 560. The molecule has 0 radical (unpaired) electrons. The molecule has 102 valence electrons. The lowest BCUT2D eigenvalue weighted by molar-refractivity contribution is 0.614. The average Bonchev–Trinajstić information content (AvgIpc) is 2.63. The molecule has 19 heavy (non-hydrogen) atoms. The number of anilines is 1. The summed E-state index contributed by atoms with van der Waals surface area (Å²) in [6.45, 7) is 6.07. The van der Waals surface area contributed by atoms with Gasteiger partial charge < -0.3 is 5.32 Å². The zero-order valence-corrected chi connectivity index (χ0v) is 11.7. The highest BCUT2D eigenvalue weighted by atomic mass is 19.1. The molecule has 0 aliphatic rings. The lowest BCUT2D eigenvalue weighted by atomic mass is 10.1. The van der Waals surface area contributed by atoms with E-state index >= 15 is 0 Å². The maximum absolute atomic E-state index is 12.9. The van der Waals surface area contributed by atoms with Gasteiger partial charge in [0, 0.05) is 7.05 Å². The van der Waals surface area contributed by atoms with E-state index in [4.69, 9.17) is 0 Å². The van der Waals surface area contributed by atoms with Gasteiger partial charge in [-0.05, 0) is 32.4 Å². The molecular formula is C14H19FN4. The van der Waals surface area contributed by atoms with Gasteiger partial charge in [0.1, 0.15) is 5.82 Å². The first-order chi connectivity index (χ1) is 9.02. The third kappa shape index (κ3) is 2.75. The SMILES string of the molecule is CCC(Nc1c(C)nn(C)c1C)c1ccc(F)cn1. The van der Waals surface area contributed by atoms with Crippen LogP contribution in [-0.4, -0.2) is 14.8 Å². The van der Waals surface area contributed by atoms with E-state index in [1.54, 1.807) is 6.07 Å².